The first-order chi connectivity index (χ1) is 4.93. The van der Waals surface area contributed by atoms with Crippen molar-refractivity contribution in [2.24, 2.45) is 5.92 Å². The average molecular weight is 134 g/mol. The highest BCUT2D eigenvalue weighted by Gasteiger charge is 1.90. The average Bonchev–Trinajstić information content (AvgIpc) is 2.41. The fourth-order valence-electron chi connectivity index (χ4n) is 0.796. The van der Waals surface area contributed by atoms with E-state index in [1.165, 1.54) is 0 Å². The maximum Gasteiger partial charge on any atom is 0.229 e. The predicted molar refractivity (Wildman–Crippen MR) is 42.5 cm³/mol. The molecule has 10 heavy (non-hydrogen) atoms. The van der Waals surface area contributed by atoms with E-state index in [0.29, 0.717) is 5.92 Å². The summed E-state index contributed by atoms with van der Waals surface area (Å²) in [7, 11) is 1.59. The van der Waals surface area contributed by atoms with E-state index in [1.807, 2.05) is 18.2 Å². The van der Waals surface area contributed by atoms with Gasteiger partial charge in [0.05, 0.1) is 0 Å². The summed E-state index contributed by atoms with van der Waals surface area (Å²) in [5, 5.41) is 0. The van der Waals surface area contributed by atoms with Crippen LogP contribution >= 0.6 is 0 Å². The largest absolute Gasteiger partial charge is 0.355 e. The lowest BCUT2D eigenvalue weighted by atomic mass is 10.1. The molecule has 0 bridgehead atoms. The van der Waals surface area contributed by atoms with Crippen LogP contribution < -0.4 is 0 Å². The van der Waals surface area contributed by atoms with Crippen molar-refractivity contribution in [2.45, 2.75) is 0 Å². The highest BCUT2D eigenvalue weighted by Crippen LogP contribution is 2.08. The molecule has 1 rings (SSSR count). The lowest BCUT2D eigenvalue weighted by molar-refractivity contribution is 0.186. The molecule has 0 heterocycles. The maximum absolute atomic E-state index is 4.62. The minimum Gasteiger partial charge on any atom is -0.355 e. The molecule has 0 aromatic carbocycles. The maximum atomic E-state index is 4.62. The van der Waals surface area contributed by atoms with Gasteiger partial charge in [-0.25, -0.2) is 6.08 Å². The Balaban J connectivity index is 2.38. The second kappa shape index (κ2) is 3.83. The number of carbonyl (C=O) groups excluding carboxylic acids is 1. The molecule has 0 unspecified atom stereocenters. The van der Waals surface area contributed by atoms with Crippen molar-refractivity contribution in [1.82, 2.24) is 0 Å². The molecular weight excluding hydrogens is 124 g/mol. The molecule has 1 aliphatic carbocycles. The van der Waals surface area contributed by atoms with E-state index in [4.69, 9.17) is 0 Å². The van der Waals surface area contributed by atoms with Gasteiger partial charge in [-0.3, -0.25) is 0 Å². The van der Waals surface area contributed by atoms with E-state index in [2.05, 4.69) is 22.9 Å². The molecular formula is C9H10O. The Morgan fingerprint density at radius 2 is 2.10 bits per heavy atom. The smallest absolute Gasteiger partial charge is 0.229 e. The number of rotatable bonds is 2. The van der Waals surface area contributed by atoms with Crippen LogP contribution in [0.1, 0.15) is 0 Å². The first kappa shape index (κ1) is 7.00. The van der Waals surface area contributed by atoms with E-state index < -0.39 is 0 Å². The minimum atomic E-state index is 0.433. The fourth-order valence-corrected chi connectivity index (χ4v) is 0.796. The quantitative estimate of drug-likeness (QED) is 0.308. The van der Waals surface area contributed by atoms with Crippen molar-refractivity contribution in [3.05, 3.63) is 36.5 Å². The molecule has 52 valence electrons. The molecule has 0 atom stereocenters. The lowest BCUT2D eigenvalue weighted by Crippen LogP contribution is -1.80. The SMILES string of the molecule is C[O+]=[C-]/C=C/C1C=CC=C1. The third kappa shape index (κ3) is 2.02. The van der Waals surface area contributed by atoms with Crippen molar-refractivity contribution in [3.63, 3.8) is 0 Å². The van der Waals surface area contributed by atoms with Crippen LogP contribution in [0.2, 0.25) is 0 Å². The van der Waals surface area contributed by atoms with E-state index in [-0.39, 0.29) is 0 Å². The molecule has 0 aliphatic heterocycles. The monoisotopic (exact) mass is 134 g/mol. The Morgan fingerprint density at radius 3 is 2.70 bits per heavy atom. The molecule has 0 aromatic heterocycles. The number of allylic oxidation sites excluding steroid dienone is 6. The summed E-state index contributed by atoms with van der Waals surface area (Å²) in [5.74, 6) is 0.433. The zero-order chi connectivity index (χ0) is 7.23. The van der Waals surface area contributed by atoms with Gasteiger partial charge in [0.2, 0.25) is 13.4 Å². The molecule has 0 saturated heterocycles. The zero-order valence-corrected chi connectivity index (χ0v) is 5.95. The molecule has 0 spiro atoms. The topological polar surface area (TPSA) is 11.3 Å². The molecule has 0 fully saturated rings. The van der Waals surface area contributed by atoms with Gasteiger partial charge in [0.25, 0.3) is 0 Å². The standard InChI is InChI=1S/C9H10O/c1-10-8-4-7-9-5-2-3-6-9/h2-7,9H,1H3/b7-4+. The van der Waals surface area contributed by atoms with Crippen LogP contribution in [0.15, 0.2) is 36.5 Å². The van der Waals surface area contributed by atoms with Gasteiger partial charge >= 0.3 is 0 Å². The van der Waals surface area contributed by atoms with Crippen molar-refractivity contribution < 1.29 is 4.42 Å². The van der Waals surface area contributed by atoms with E-state index in [0.717, 1.165) is 0 Å². The molecule has 1 heteroatoms. The Hall–Kier alpha value is -1.11. The lowest BCUT2D eigenvalue weighted by Gasteiger charge is -1.96. The third-order valence-corrected chi connectivity index (χ3v) is 1.28. The summed E-state index contributed by atoms with van der Waals surface area (Å²) in [6.45, 7) is 0. The van der Waals surface area contributed by atoms with Gasteiger partial charge in [-0.15, -0.1) is 6.08 Å². The minimum absolute atomic E-state index is 0.433. The van der Waals surface area contributed by atoms with Crippen LogP contribution in [0.25, 0.3) is 0 Å². The molecule has 0 saturated carbocycles. The number of hydrogen-bond donors (Lipinski definition) is 0. The predicted octanol–water partition coefficient (Wildman–Crippen LogP) is 1.56. The second-order valence-corrected chi connectivity index (χ2v) is 2.03. The normalized spacial score (nSPS) is 18.5. The molecule has 0 aromatic rings. The Bertz CT molecular complexity index is 185. The van der Waals surface area contributed by atoms with Gasteiger partial charge in [-0.2, -0.15) is 0 Å². The summed E-state index contributed by atoms with van der Waals surface area (Å²) in [4.78, 5) is 0. The van der Waals surface area contributed by atoms with E-state index in [9.17, 15) is 0 Å². The van der Waals surface area contributed by atoms with Gasteiger partial charge < -0.3 is 4.42 Å². The summed E-state index contributed by atoms with van der Waals surface area (Å²) in [5.41, 5.74) is 0. The van der Waals surface area contributed by atoms with Crippen LogP contribution in [-0.2, 0) is 4.42 Å². The Labute approximate surface area is 61.1 Å². The van der Waals surface area contributed by atoms with E-state index >= 15 is 0 Å². The highest BCUT2D eigenvalue weighted by molar-refractivity contribution is 5.66. The highest BCUT2D eigenvalue weighted by atomic mass is 16.4. The summed E-state index contributed by atoms with van der Waals surface area (Å²) >= 11 is 0. The van der Waals surface area contributed by atoms with Crippen LogP contribution in [0.5, 0.6) is 0 Å². The first-order valence-electron chi connectivity index (χ1n) is 3.23. The van der Waals surface area contributed by atoms with Gasteiger partial charge in [0.15, 0.2) is 0 Å². The molecule has 0 N–H and O–H groups in total. The van der Waals surface area contributed by atoms with Gasteiger partial charge in [-0.1, -0.05) is 30.2 Å². The molecule has 0 amide bonds. The van der Waals surface area contributed by atoms with E-state index in [1.54, 1.807) is 13.2 Å². The fraction of sp³-hybridized carbons (Fsp3) is 0.222. The molecule has 1 aliphatic rings. The third-order valence-electron chi connectivity index (χ3n) is 1.28. The van der Waals surface area contributed by atoms with Crippen molar-refractivity contribution >= 4 is 6.29 Å². The summed E-state index contributed by atoms with van der Waals surface area (Å²) in [6.07, 6.45) is 14.7. The number of hydrogen-bond acceptors (Lipinski definition) is 0. The first-order valence-corrected chi connectivity index (χ1v) is 3.23. The summed E-state index contributed by atoms with van der Waals surface area (Å²) < 4.78 is 4.62. The zero-order valence-electron chi connectivity index (χ0n) is 5.95. The van der Waals surface area contributed by atoms with Crippen molar-refractivity contribution in [2.75, 3.05) is 7.11 Å². The molecule has 0 radical (unpaired) electrons. The van der Waals surface area contributed by atoms with Gasteiger partial charge in [-0.05, 0) is 0 Å². The second-order valence-electron chi connectivity index (χ2n) is 2.03. The van der Waals surface area contributed by atoms with Crippen LogP contribution in [0.4, 0.5) is 0 Å². The van der Waals surface area contributed by atoms with Crippen molar-refractivity contribution in [3.8, 4) is 0 Å². The Kier molecular flexibility index (Phi) is 2.68. The Morgan fingerprint density at radius 1 is 1.40 bits per heavy atom. The summed E-state index contributed by atoms with van der Waals surface area (Å²) in [6, 6.07) is 0. The van der Waals surface area contributed by atoms with Crippen LogP contribution in [0.3, 0.4) is 0 Å². The molecule has 1 nitrogen and oxygen atoms in total. The van der Waals surface area contributed by atoms with Crippen LogP contribution in [-0.4, -0.2) is 13.4 Å². The van der Waals surface area contributed by atoms with Gasteiger partial charge in [0, 0.05) is 0 Å². The van der Waals surface area contributed by atoms with Crippen molar-refractivity contribution in [1.29, 1.82) is 0 Å². The van der Waals surface area contributed by atoms with Crippen LogP contribution in [0, 0.1) is 5.92 Å². The van der Waals surface area contributed by atoms with Gasteiger partial charge in [0.1, 0.15) is 0 Å².